The highest BCUT2D eigenvalue weighted by atomic mass is 19.4. The van der Waals surface area contributed by atoms with Crippen LogP contribution in [0.4, 0.5) is 13.2 Å². The SMILES string of the molecule is COc1cccc(-c2cccc(C3(c4cccc(OC)c4)NC(N)(OC(=O)C(F)(F)F)N(C)C3=O)c2)c1. The summed E-state index contributed by atoms with van der Waals surface area (Å²) in [5.74, 6) is -4.91. The summed E-state index contributed by atoms with van der Waals surface area (Å²) in [5, 5.41) is 2.70. The second-order valence-corrected chi connectivity index (χ2v) is 8.37. The molecule has 2 atom stereocenters. The first kappa shape index (κ1) is 26.0. The Labute approximate surface area is 210 Å². The minimum absolute atomic E-state index is 0.307. The lowest BCUT2D eigenvalue weighted by molar-refractivity contribution is -0.228. The maximum atomic E-state index is 13.9. The predicted octanol–water partition coefficient (Wildman–Crippen LogP) is 3.35. The molecule has 0 radical (unpaired) electrons. The van der Waals surface area contributed by atoms with E-state index in [1.807, 2.05) is 6.07 Å². The molecule has 2 unspecified atom stereocenters. The van der Waals surface area contributed by atoms with E-state index >= 15 is 0 Å². The zero-order valence-electron chi connectivity index (χ0n) is 20.1. The van der Waals surface area contributed by atoms with Crippen LogP contribution < -0.4 is 20.5 Å². The standard InChI is InChI=1S/C26H24F3N3O5/c1-32-22(33)24(19-10-6-12-21(15-19)36-3,31-26(32,30)37-23(34)25(27,28)29)18-9-4-7-16(13-18)17-8-5-11-20(14-17)35-2/h4-15,31H,30H2,1-3H3. The number of carbonyl (C=O) groups is 2. The third-order valence-corrected chi connectivity index (χ3v) is 6.17. The molecule has 0 bridgehead atoms. The van der Waals surface area contributed by atoms with Crippen LogP contribution in [0.1, 0.15) is 11.1 Å². The summed E-state index contributed by atoms with van der Waals surface area (Å²) in [6.07, 6.45) is -5.33. The van der Waals surface area contributed by atoms with E-state index in [1.165, 1.54) is 14.2 Å². The number of carbonyl (C=O) groups excluding carboxylic acids is 2. The van der Waals surface area contributed by atoms with E-state index in [2.05, 4.69) is 10.1 Å². The van der Waals surface area contributed by atoms with Crippen molar-refractivity contribution < 1.29 is 37.0 Å². The number of nitrogens with zero attached hydrogens (tertiary/aromatic N) is 1. The van der Waals surface area contributed by atoms with Crippen LogP contribution >= 0.6 is 0 Å². The highest BCUT2D eigenvalue weighted by Crippen LogP contribution is 2.42. The van der Waals surface area contributed by atoms with Gasteiger partial charge in [0.1, 0.15) is 11.5 Å². The number of nitrogens with one attached hydrogen (secondary N) is 1. The van der Waals surface area contributed by atoms with Gasteiger partial charge in [0.15, 0.2) is 5.54 Å². The maximum absolute atomic E-state index is 13.9. The molecule has 1 amide bonds. The van der Waals surface area contributed by atoms with Gasteiger partial charge in [-0.25, -0.2) is 10.1 Å². The highest BCUT2D eigenvalue weighted by Gasteiger charge is 2.62. The summed E-state index contributed by atoms with van der Waals surface area (Å²) in [5.41, 5.74) is 6.37. The van der Waals surface area contributed by atoms with Crippen LogP contribution in [0.3, 0.4) is 0 Å². The summed E-state index contributed by atoms with van der Waals surface area (Å²) in [6, 6.07) is 20.4. The molecule has 8 nitrogen and oxygen atoms in total. The molecule has 1 fully saturated rings. The number of esters is 1. The summed E-state index contributed by atoms with van der Waals surface area (Å²) >= 11 is 0. The van der Waals surface area contributed by atoms with E-state index in [1.54, 1.807) is 66.7 Å². The van der Waals surface area contributed by atoms with E-state index in [9.17, 15) is 22.8 Å². The number of hydrogen-bond donors (Lipinski definition) is 2. The molecule has 3 N–H and O–H groups in total. The number of halogens is 3. The third-order valence-electron chi connectivity index (χ3n) is 6.17. The lowest BCUT2D eigenvalue weighted by Crippen LogP contribution is -2.64. The molecule has 0 saturated carbocycles. The fourth-order valence-corrected chi connectivity index (χ4v) is 4.25. The second-order valence-electron chi connectivity index (χ2n) is 8.37. The summed E-state index contributed by atoms with van der Waals surface area (Å²) in [4.78, 5) is 26.3. The number of amides is 1. The Hall–Kier alpha value is -4.09. The Bertz CT molecular complexity index is 1350. The van der Waals surface area contributed by atoms with Crippen molar-refractivity contribution in [2.75, 3.05) is 21.3 Å². The third kappa shape index (κ3) is 4.58. The van der Waals surface area contributed by atoms with Crippen molar-refractivity contribution in [2.45, 2.75) is 17.7 Å². The molecule has 0 aliphatic carbocycles. The van der Waals surface area contributed by atoms with Gasteiger partial charge >= 0.3 is 18.1 Å². The Morgan fingerprint density at radius 2 is 1.41 bits per heavy atom. The van der Waals surface area contributed by atoms with Gasteiger partial charge in [-0.05, 0) is 52.6 Å². The monoisotopic (exact) mass is 515 g/mol. The van der Waals surface area contributed by atoms with Crippen molar-refractivity contribution in [3.05, 3.63) is 83.9 Å². The second kappa shape index (κ2) is 9.41. The van der Waals surface area contributed by atoms with Crippen LogP contribution in [-0.2, 0) is 19.9 Å². The zero-order valence-corrected chi connectivity index (χ0v) is 20.1. The molecule has 37 heavy (non-hydrogen) atoms. The van der Waals surface area contributed by atoms with E-state index in [4.69, 9.17) is 15.2 Å². The number of nitrogens with two attached hydrogens (primary N) is 1. The van der Waals surface area contributed by atoms with Gasteiger partial charge in [-0.3, -0.25) is 15.4 Å². The Morgan fingerprint density at radius 3 is 2.00 bits per heavy atom. The van der Waals surface area contributed by atoms with Gasteiger partial charge in [-0.1, -0.05) is 42.5 Å². The summed E-state index contributed by atoms with van der Waals surface area (Å²) in [6.45, 7) is 0. The van der Waals surface area contributed by atoms with E-state index in [0.29, 0.717) is 28.2 Å². The van der Waals surface area contributed by atoms with Gasteiger partial charge in [-0.15, -0.1) is 0 Å². The van der Waals surface area contributed by atoms with Crippen molar-refractivity contribution in [3.63, 3.8) is 0 Å². The molecule has 0 spiro atoms. The molecule has 1 saturated heterocycles. The zero-order chi connectivity index (χ0) is 27.0. The average Bonchev–Trinajstić information content (AvgIpc) is 3.10. The summed E-state index contributed by atoms with van der Waals surface area (Å²) in [7, 11) is 4.11. The van der Waals surface area contributed by atoms with Crippen LogP contribution in [-0.4, -0.2) is 50.2 Å². The lowest BCUT2D eigenvalue weighted by atomic mass is 9.81. The molecule has 0 aromatic heterocycles. The van der Waals surface area contributed by atoms with Crippen LogP contribution in [0.25, 0.3) is 11.1 Å². The Balaban J connectivity index is 1.91. The lowest BCUT2D eigenvalue weighted by Gasteiger charge is -2.32. The molecule has 4 rings (SSSR count). The van der Waals surface area contributed by atoms with E-state index in [0.717, 1.165) is 17.5 Å². The smallest absolute Gasteiger partial charge is 0.491 e. The highest BCUT2D eigenvalue weighted by molar-refractivity contribution is 5.95. The molecule has 3 aromatic carbocycles. The fourth-order valence-electron chi connectivity index (χ4n) is 4.25. The molecule has 1 aliphatic rings. The predicted molar refractivity (Wildman–Crippen MR) is 127 cm³/mol. The molecule has 11 heteroatoms. The fraction of sp³-hybridized carbons (Fsp3) is 0.231. The number of likely N-dealkylation sites (N-methyl/N-ethyl adjacent to an activating group) is 1. The maximum Gasteiger partial charge on any atom is 0.491 e. The minimum atomic E-state index is -5.33. The molecular formula is C26H24F3N3O5. The number of alkyl halides is 3. The van der Waals surface area contributed by atoms with Crippen LogP contribution in [0.5, 0.6) is 11.5 Å². The number of ether oxygens (including phenoxy) is 3. The molecule has 194 valence electrons. The van der Waals surface area contributed by atoms with Gasteiger partial charge < -0.3 is 14.2 Å². The molecular weight excluding hydrogens is 491 g/mol. The van der Waals surface area contributed by atoms with Gasteiger partial charge in [-0.2, -0.15) is 13.2 Å². The number of rotatable bonds is 6. The van der Waals surface area contributed by atoms with Gasteiger partial charge in [0.2, 0.25) is 0 Å². The number of methoxy groups -OCH3 is 2. The van der Waals surface area contributed by atoms with Crippen molar-refractivity contribution in [1.82, 2.24) is 10.2 Å². The van der Waals surface area contributed by atoms with Crippen LogP contribution in [0.15, 0.2) is 72.8 Å². The average molecular weight is 515 g/mol. The normalized spacial score (nSPS) is 21.6. The number of benzene rings is 3. The van der Waals surface area contributed by atoms with Gasteiger partial charge in [0.25, 0.3) is 5.91 Å². The molecule has 3 aromatic rings. The molecule has 1 aliphatic heterocycles. The van der Waals surface area contributed by atoms with Crippen molar-refractivity contribution >= 4 is 11.9 Å². The topological polar surface area (TPSA) is 103 Å². The first-order valence-corrected chi connectivity index (χ1v) is 11.0. The quantitative estimate of drug-likeness (QED) is 0.383. The van der Waals surface area contributed by atoms with Crippen molar-refractivity contribution in [2.24, 2.45) is 5.73 Å². The van der Waals surface area contributed by atoms with Crippen LogP contribution in [0, 0.1) is 0 Å². The van der Waals surface area contributed by atoms with Crippen LogP contribution in [0.2, 0.25) is 0 Å². The summed E-state index contributed by atoms with van der Waals surface area (Å²) < 4.78 is 54.4. The first-order chi connectivity index (χ1) is 17.4. The first-order valence-electron chi connectivity index (χ1n) is 11.0. The van der Waals surface area contributed by atoms with E-state index < -0.39 is 29.6 Å². The molecule has 1 heterocycles. The van der Waals surface area contributed by atoms with Gasteiger partial charge in [0, 0.05) is 7.05 Å². The Morgan fingerprint density at radius 1 is 0.892 bits per heavy atom. The largest absolute Gasteiger partial charge is 0.497 e. The minimum Gasteiger partial charge on any atom is -0.497 e. The van der Waals surface area contributed by atoms with Crippen molar-refractivity contribution in [1.29, 1.82) is 0 Å². The van der Waals surface area contributed by atoms with E-state index in [-0.39, 0.29) is 0 Å². The van der Waals surface area contributed by atoms with Gasteiger partial charge in [0.05, 0.1) is 14.2 Å². The number of hydrogen-bond acceptors (Lipinski definition) is 7. The van der Waals surface area contributed by atoms with Crippen molar-refractivity contribution in [3.8, 4) is 22.6 Å². The Kier molecular flexibility index (Phi) is 6.61.